The first kappa shape index (κ1) is 23.0. The van der Waals surface area contributed by atoms with Crippen LogP contribution in [0.15, 0.2) is 41.2 Å². The Bertz CT molecular complexity index is 1320. The molecule has 2 aromatic rings. The van der Waals surface area contributed by atoms with Gasteiger partial charge in [0.2, 0.25) is 0 Å². The zero-order chi connectivity index (χ0) is 23.8. The fraction of sp³-hybridized carbons (Fsp3) is 0.364. The molecule has 1 fully saturated rings. The number of nitrogens with zero attached hydrogens (tertiary/aromatic N) is 3. The number of amides is 2. The third-order valence-corrected chi connectivity index (χ3v) is 8.70. The molecule has 1 aliphatic carbocycles. The highest BCUT2D eigenvalue weighted by atomic mass is 35.5. The quantitative estimate of drug-likeness (QED) is 0.626. The molecule has 0 bridgehead atoms. The molecule has 1 aliphatic heterocycles. The number of nitriles is 1. The molecule has 2 aliphatic rings. The molecule has 1 N–H and O–H groups in total. The summed E-state index contributed by atoms with van der Waals surface area (Å²) in [7, 11) is -3.64. The number of nitrogens with one attached hydrogen (secondary N) is 1. The number of carbonyl (C=O) groups excluding carboxylic acids is 2. The van der Waals surface area contributed by atoms with Crippen molar-refractivity contribution in [2.45, 2.75) is 30.7 Å². The lowest BCUT2D eigenvalue weighted by Crippen LogP contribution is -2.50. The van der Waals surface area contributed by atoms with Crippen molar-refractivity contribution in [3.05, 3.63) is 68.6 Å². The molecule has 2 amide bonds. The fourth-order valence-electron chi connectivity index (χ4n) is 3.97. The molecule has 1 saturated carbocycles. The summed E-state index contributed by atoms with van der Waals surface area (Å²) in [5, 5.41) is 12.1. The average molecular weight is 489 g/mol. The van der Waals surface area contributed by atoms with Crippen LogP contribution in [-0.4, -0.2) is 53.3 Å². The van der Waals surface area contributed by atoms with Crippen LogP contribution in [0.3, 0.4) is 0 Å². The van der Waals surface area contributed by atoms with E-state index in [4.69, 9.17) is 16.9 Å². The van der Waals surface area contributed by atoms with Gasteiger partial charge in [-0.2, -0.15) is 5.26 Å². The highest BCUT2D eigenvalue weighted by molar-refractivity contribution is 7.93. The third-order valence-electron chi connectivity index (χ3n) is 6.09. The number of halogens is 1. The Morgan fingerprint density at radius 3 is 2.45 bits per heavy atom. The van der Waals surface area contributed by atoms with Gasteiger partial charge < -0.3 is 14.8 Å². The molecular weight excluding hydrogens is 468 g/mol. The molecule has 4 rings (SSSR count). The Morgan fingerprint density at radius 1 is 1.12 bits per heavy atom. The summed E-state index contributed by atoms with van der Waals surface area (Å²) >= 11 is 5.85. The van der Waals surface area contributed by atoms with Crippen molar-refractivity contribution >= 4 is 33.3 Å². The van der Waals surface area contributed by atoms with Crippen molar-refractivity contribution in [1.82, 2.24) is 14.8 Å². The van der Waals surface area contributed by atoms with Crippen LogP contribution < -0.4 is 10.9 Å². The summed E-state index contributed by atoms with van der Waals surface area (Å²) < 4.78 is 25.0. The van der Waals surface area contributed by atoms with E-state index in [0.29, 0.717) is 17.9 Å². The zero-order valence-electron chi connectivity index (χ0n) is 17.6. The molecule has 0 saturated heterocycles. The first-order valence-electron chi connectivity index (χ1n) is 10.3. The summed E-state index contributed by atoms with van der Waals surface area (Å²) in [4.78, 5) is 39.8. The van der Waals surface area contributed by atoms with Gasteiger partial charge in [-0.3, -0.25) is 14.4 Å². The van der Waals surface area contributed by atoms with Crippen LogP contribution in [0.25, 0.3) is 0 Å². The average Bonchev–Trinajstić information content (AvgIpc) is 3.57. The van der Waals surface area contributed by atoms with Gasteiger partial charge in [0.1, 0.15) is 17.0 Å². The Hall–Kier alpha value is -3.16. The smallest absolute Gasteiger partial charge is 0.270 e. The lowest BCUT2D eigenvalue weighted by molar-refractivity contribution is 0.0695. The highest BCUT2D eigenvalue weighted by Crippen LogP contribution is 2.45. The Balaban J connectivity index is 1.49. The maximum Gasteiger partial charge on any atom is 0.270 e. The second-order valence-corrected chi connectivity index (χ2v) is 11.0. The summed E-state index contributed by atoms with van der Waals surface area (Å²) in [6.45, 7) is 0.495. The minimum atomic E-state index is -3.64. The number of aromatic nitrogens is 1. The van der Waals surface area contributed by atoms with Gasteiger partial charge in [-0.1, -0.05) is 23.7 Å². The van der Waals surface area contributed by atoms with E-state index in [2.05, 4.69) is 5.32 Å². The Morgan fingerprint density at radius 2 is 1.82 bits per heavy atom. The van der Waals surface area contributed by atoms with Crippen molar-refractivity contribution < 1.29 is 18.0 Å². The molecule has 2 heterocycles. The van der Waals surface area contributed by atoms with Gasteiger partial charge in [0.25, 0.3) is 17.4 Å². The minimum Gasteiger partial charge on any atom is -0.348 e. The SMILES string of the molecule is N#CCS(=O)(=O)C1(CN2CCn3c(ccc(C(=O)NCc4ccc(Cl)cc4)c3=O)C2=O)CC1. The van der Waals surface area contributed by atoms with E-state index in [0.717, 1.165) is 5.56 Å². The fourth-order valence-corrected chi connectivity index (χ4v) is 5.65. The maximum atomic E-state index is 13.0. The first-order chi connectivity index (χ1) is 15.7. The van der Waals surface area contributed by atoms with Crippen molar-refractivity contribution in [1.29, 1.82) is 5.26 Å². The second-order valence-electron chi connectivity index (χ2n) is 8.23. The van der Waals surface area contributed by atoms with Crippen LogP contribution in [0.2, 0.25) is 5.02 Å². The van der Waals surface area contributed by atoms with Gasteiger partial charge in [0.15, 0.2) is 9.84 Å². The van der Waals surface area contributed by atoms with E-state index >= 15 is 0 Å². The molecule has 0 spiro atoms. The third kappa shape index (κ3) is 4.38. The number of rotatable bonds is 7. The van der Waals surface area contributed by atoms with Crippen LogP contribution >= 0.6 is 11.6 Å². The van der Waals surface area contributed by atoms with E-state index in [9.17, 15) is 22.8 Å². The number of benzene rings is 1. The predicted molar refractivity (Wildman–Crippen MR) is 121 cm³/mol. The summed E-state index contributed by atoms with van der Waals surface area (Å²) in [6, 6.07) is 11.3. The van der Waals surface area contributed by atoms with Gasteiger partial charge >= 0.3 is 0 Å². The molecule has 33 heavy (non-hydrogen) atoms. The topological polar surface area (TPSA) is 129 Å². The standard InChI is InChI=1S/C22H21ClN4O5S/c23-16-3-1-15(2-4-16)13-25-19(28)17-5-6-18-21(30)26(10-11-27(18)20(17)29)14-22(7-8-22)33(31,32)12-9-24/h1-6H,7-8,10-14H2,(H,25,28). The number of pyridine rings is 1. The van der Waals surface area contributed by atoms with E-state index in [1.54, 1.807) is 30.3 Å². The summed E-state index contributed by atoms with van der Waals surface area (Å²) in [5.41, 5.74) is 0.266. The molecule has 1 aromatic carbocycles. The molecule has 9 nitrogen and oxygen atoms in total. The normalized spacial score (nSPS) is 16.6. The van der Waals surface area contributed by atoms with Crippen LogP contribution in [0, 0.1) is 11.3 Å². The Labute approximate surface area is 195 Å². The largest absolute Gasteiger partial charge is 0.348 e. The molecule has 0 atom stereocenters. The van der Waals surface area contributed by atoms with Crippen LogP contribution in [0.1, 0.15) is 39.3 Å². The number of hydrogen-bond acceptors (Lipinski definition) is 6. The van der Waals surface area contributed by atoms with E-state index in [1.807, 2.05) is 0 Å². The highest BCUT2D eigenvalue weighted by Gasteiger charge is 2.55. The van der Waals surface area contributed by atoms with Crippen LogP contribution in [-0.2, 0) is 22.9 Å². The monoisotopic (exact) mass is 488 g/mol. The summed E-state index contributed by atoms with van der Waals surface area (Å²) in [5.74, 6) is -1.61. The molecule has 172 valence electrons. The number of sulfone groups is 1. The predicted octanol–water partition coefficient (Wildman–Crippen LogP) is 1.36. The van der Waals surface area contributed by atoms with E-state index in [-0.39, 0.29) is 37.4 Å². The van der Waals surface area contributed by atoms with Crippen molar-refractivity contribution in [3.8, 4) is 6.07 Å². The van der Waals surface area contributed by atoms with E-state index in [1.165, 1.54) is 21.6 Å². The number of fused-ring (bicyclic) bond motifs is 1. The van der Waals surface area contributed by atoms with Gasteiger partial charge in [-0.15, -0.1) is 0 Å². The van der Waals surface area contributed by atoms with Crippen LogP contribution in [0.5, 0.6) is 0 Å². The Kier molecular flexibility index (Phi) is 6.03. The van der Waals surface area contributed by atoms with Gasteiger partial charge in [-0.25, -0.2) is 8.42 Å². The lowest BCUT2D eigenvalue weighted by Gasteiger charge is -2.32. The second kappa shape index (κ2) is 8.65. The van der Waals surface area contributed by atoms with Crippen molar-refractivity contribution in [2.75, 3.05) is 18.8 Å². The molecular formula is C22H21ClN4O5S. The zero-order valence-corrected chi connectivity index (χ0v) is 19.2. The molecule has 0 radical (unpaired) electrons. The van der Waals surface area contributed by atoms with Gasteiger partial charge in [-0.05, 0) is 42.7 Å². The molecule has 0 unspecified atom stereocenters. The first-order valence-corrected chi connectivity index (χ1v) is 12.4. The van der Waals surface area contributed by atoms with E-state index < -0.39 is 37.7 Å². The molecule has 1 aromatic heterocycles. The number of hydrogen-bond donors (Lipinski definition) is 1. The maximum absolute atomic E-state index is 13.0. The number of carbonyl (C=O) groups is 2. The van der Waals surface area contributed by atoms with Crippen molar-refractivity contribution in [2.24, 2.45) is 0 Å². The van der Waals surface area contributed by atoms with Gasteiger partial charge in [0, 0.05) is 31.2 Å². The minimum absolute atomic E-state index is 0.00658. The summed E-state index contributed by atoms with van der Waals surface area (Å²) in [6.07, 6.45) is 0.806. The molecule has 11 heteroatoms. The van der Waals surface area contributed by atoms with Crippen LogP contribution in [0.4, 0.5) is 0 Å². The van der Waals surface area contributed by atoms with Gasteiger partial charge in [0.05, 0.1) is 10.8 Å². The lowest BCUT2D eigenvalue weighted by atomic mass is 10.1. The van der Waals surface area contributed by atoms with Crippen molar-refractivity contribution in [3.63, 3.8) is 0 Å².